The Morgan fingerprint density at radius 3 is 1.29 bits per heavy atom. The SMILES string of the molecule is Cl.Cl.[C-]1=CC=CC1.[CH3-].[Hf].[c-]1ccccc1.[c-]1ccccc1.c1ccc2c(c1)[cH-]c1ccccc12. The average Bonchev–Trinajstić information content (AvgIpc) is 3.54. The van der Waals surface area contributed by atoms with Crippen molar-refractivity contribution in [2.24, 2.45) is 0 Å². The quantitative estimate of drug-likeness (QED) is 0.116. The molecule has 3 heteroatoms. The number of halogens is 2. The van der Waals surface area contributed by atoms with E-state index in [0.29, 0.717) is 0 Å². The summed E-state index contributed by atoms with van der Waals surface area (Å²) in [5.74, 6) is 0. The van der Waals surface area contributed by atoms with Crippen LogP contribution in [0, 0.1) is 25.6 Å². The number of rotatable bonds is 0. The molecule has 176 valence electrons. The first kappa shape index (κ1) is 33.9. The summed E-state index contributed by atoms with van der Waals surface area (Å²) in [4.78, 5) is 0. The molecule has 6 rings (SSSR count). The summed E-state index contributed by atoms with van der Waals surface area (Å²) in [6.07, 6.45) is 10.0. The third kappa shape index (κ3) is 12.2. The van der Waals surface area contributed by atoms with Gasteiger partial charge in [-0.1, -0.05) is 36.4 Å². The first-order chi connectivity index (χ1) is 14.9. The van der Waals surface area contributed by atoms with Gasteiger partial charge < -0.3 is 7.43 Å². The van der Waals surface area contributed by atoms with Gasteiger partial charge in [-0.05, 0) is 0 Å². The van der Waals surface area contributed by atoms with Crippen LogP contribution in [0.3, 0.4) is 0 Å². The number of hydrogen-bond acceptors (Lipinski definition) is 0. The van der Waals surface area contributed by atoms with Crippen LogP contribution in [0.4, 0.5) is 0 Å². The summed E-state index contributed by atoms with van der Waals surface area (Å²) in [6.45, 7) is 0. The van der Waals surface area contributed by atoms with Gasteiger partial charge in [0.15, 0.2) is 0 Å². The van der Waals surface area contributed by atoms with Crippen LogP contribution in [0.1, 0.15) is 6.42 Å². The van der Waals surface area contributed by atoms with Crippen LogP contribution < -0.4 is 0 Å². The molecule has 0 fully saturated rings. The fourth-order valence-corrected chi connectivity index (χ4v) is 2.93. The zero-order valence-electron chi connectivity index (χ0n) is 19.2. The van der Waals surface area contributed by atoms with Crippen molar-refractivity contribution in [3.63, 3.8) is 0 Å². The number of fused-ring (bicyclic) bond motifs is 3. The van der Waals surface area contributed by atoms with E-state index in [1.807, 2.05) is 72.8 Å². The maximum absolute atomic E-state index is 2.99. The van der Waals surface area contributed by atoms with Crippen LogP contribution in [0.25, 0.3) is 21.5 Å². The number of benzene rings is 4. The maximum atomic E-state index is 2.99. The Labute approximate surface area is 236 Å². The van der Waals surface area contributed by atoms with Gasteiger partial charge in [-0.15, -0.1) is 71.0 Å². The van der Waals surface area contributed by atoms with Crippen LogP contribution in [-0.4, -0.2) is 0 Å². The monoisotopic (exact) mass is 651 g/mol. The smallest absolute Gasteiger partial charge is 0 e. The molecule has 0 saturated heterocycles. The van der Waals surface area contributed by atoms with Crippen molar-refractivity contribution >= 4 is 46.4 Å². The van der Waals surface area contributed by atoms with Crippen molar-refractivity contribution in [3.8, 4) is 0 Å². The summed E-state index contributed by atoms with van der Waals surface area (Å²) >= 11 is 0. The fraction of sp³-hybridized carbons (Fsp3) is 0.0323. The van der Waals surface area contributed by atoms with Crippen LogP contribution in [-0.2, 0) is 25.8 Å². The van der Waals surface area contributed by atoms with Crippen molar-refractivity contribution in [1.29, 1.82) is 0 Å². The van der Waals surface area contributed by atoms with Gasteiger partial charge in [0.2, 0.25) is 0 Å². The number of hydrogen-bond donors (Lipinski definition) is 0. The molecule has 0 atom stereocenters. The Bertz CT molecular complexity index is 1020. The molecule has 0 nitrogen and oxygen atoms in total. The van der Waals surface area contributed by atoms with Crippen molar-refractivity contribution in [1.82, 2.24) is 0 Å². The average molecular weight is 651 g/mol. The predicted octanol–water partition coefficient (Wildman–Crippen LogP) is 9.28. The molecule has 34 heavy (non-hydrogen) atoms. The van der Waals surface area contributed by atoms with E-state index in [9.17, 15) is 0 Å². The van der Waals surface area contributed by atoms with Crippen molar-refractivity contribution in [2.75, 3.05) is 0 Å². The molecule has 0 amide bonds. The second-order valence-corrected chi connectivity index (χ2v) is 6.48. The minimum absolute atomic E-state index is 0. The molecular weight excluding hydrogens is 622 g/mol. The molecule has 1 aliphatic carbocycles. The molecule has 0 aromatic heterocycles. The first-order valence-corrected chi connectivity index (χ1v) is 10.0. The Morgan fingerprint density at radius 2 is 1.03 bits per heavy atom. The van der Waals surface area contributed by atoms with Crippen LogP contribution in [0.15, 0.2) is 133 Å². The maximum Gasteiger partial charge on any atom is 0 e. The molecule has 0 spiro atoms. The first-order valence-electron chi connectivity index (χ1n) is 10.0. The molecule has 5 aromatic carbocycles. The van der Waals surface area contributed by atoms with Gasteiger partial charge in [-0.25, -0.2) is 12.2 Å². The molecule has 1 aliphatic rings. The van der Waals surface area contributed by atoms with E-state index in [4.69, 9.17) is 0 Å². The second kappa shape index (κ2) is 21.2. The van der Waals surface area contributed by atoms with E-state index in [1.54, 1.807) is 0 Å². The van der Waals surface area contributed by atoms with Crippen LogP contribution in [0.2, 0.25) is 0 Å². The Hall–Kier alpha value is -2.32. The van der Waals surface area contributed by atoms with Crippen LogP contribution in [0.5, 0.6) is 0 Å². The van der Waals surface area contributed by atoms with Gasteiger partial charge in [0.1, 0.15) is 0 Å². The van der Waals surface area contributed by atoms with E-state index in [0.717, 1.165) is 6.42 Å². The zero-order chi connectivity index (χ0) is 20.7. The summed E-state index contributed by atoms with van der Waals surface area (Å²) < 4.78 is 0. The van der Waals surface area contributed by atoms with E-state index < -0.39 is 0 Å². The second-order valence-electron chi connectivity index (χ2n) is 6.48. The van der Waals surface area contributed by atoms with Gasteiger partial charge >= 0.3 is 0 Å². The summed E-state index contributed by atoms with van der Waals surface area (Å²) in [7, 11) is 0. The van der Waals surface area contributed by atoms with Gasteiger partial charge in [0.25, 0.3) is 0 Å². The van der Waals surface area contributed by atoms with E-state index >= 15 is 0 Å². The molecule has 0 bridgehead atoms. The van der Waals surface area contributed by atoms with Gasteiger partial charge in [0.05, 0.1) is 0 Å². The van der Waals surface area contributed by atoms with E-state index in [-0.39, 0.29) is 58.1 Å². The normalized spacial score (nSPS) is 9.65. The zero-order valence-corrected chi connectivity index (χ0v) is 24.5. The predicted molar refractivity (Wildman–Crippen MR) is 150 cm³/mol. The minimum atomic E-state index is 0. The van der Waals surface area contributed by atoms with E-state index in [2.05, 4.69) is 78.9 Å². The summed E-state index contributed by atoms with van der Waals surface area (Å²) in [6, 6.07) is 44.3. The number of allylic oxidation sites excluding steroid dienone is 4. The topological polar surface area (TPSA) is 0 Å². The van der Waals surface area contributed by atoms with Crippen molar-refractivity contribution < 1.29 is 25.8 Å². The molecule has 0 N–H and O–H groups in total. The van der Waals surface area contributed by atoms with E-state index in [1.165, 1.54) is 21.5 Å². The van der Waals surface area contributed by atoms with Crippen molar-refractivity contribution in [2.45, 2.75) is 6.42 Å². The summed E-state index contributed by atoms with van der Waals surface area (Å²) in [5.41, 5.74) is 0. The van der Waals surface area contributed by atoms with Crippen molar-refractivity contribution in [3.05, 3.63) is 159 Å². The molecule has 0 saturated carbocycles. The third-order valence-electron chi connectivity index (χ3n) is 4.32. The fourth-order valence-electron chi connectivity index (χ4n) is 2.93. The Balaban J connectivity index is 0. The summed E-state index contributed by atoms with van der Waals surface area (Å²) in [5, 5.41) is 5.39. The molecule has 0 radical (unpaired) electrons. The third-order valence-corrected chi connectivity index (χ3v) is 4.32. The molecule has 0 unspecified atom stereocenters. The Morgan fingerprint density at radius 1 is 0.588 bits per heavy atom. The van der Waals surface area contributed by atoms with Gasteiger partial charge in [-0.3, -0.25) is 6.08 Å². The molecular formula is C31H29Cl2Hf-5. The molecule has 0 aliphatic heterocycles. The Kier molecular flexibility index (Phi) is 21.1. The largest absolute Gasteiger partial charge is 0.358 e. The molecule has 0 heterocycles. The van der Waals surface area contributed by atoms with Gasteiger partial charge in [0, 0.05) is 25.8 Å². The minimum Gasteiger partial charge on any atom is -0.358 e. The molecule has 5 aromatic rings. The van der Waals surface area contributed by atoms with Crippen LogP contribution >= 0.6 is 24.8 Å². The standard InChI is InChI=1S/C13H9.2C6H5.C5H5.CH3.2ClH.Hf/c1-3-7-12-10(5-1)9-11-6-2-4-8-13(11)12;2*1-2-4-6-5-3-1;1-2-4-5-3-1;;;;/h1-9H;2*1-5H;1-3H,4H2;1H3;2*1H;/q5*-1;;;. The van der Waals surface area contributed by atoms with Gasteiger partial charge in [-0.2, -0.15) is 78.9 Å².